The minimum absolute atomic E-state index is 0.218. The number of thiazole rings is 1. The molecule has 4 aromatic rings. The van der Waals surface area contributed by atoms with Crippen molar-refractivity contribution in [1.29, 1.82) is 0 Å². The lowest BCUT2D eigenvalue weighted by Gasteiger charge is -2.17. The quantitative estimate of drug-likeness (QED) is 0.498. The van der Waals surface area contributed by atoms with E-state index in [4.69, 9.17) is 8.83 Å². The van der Waals surface area contributed by atoms with Gasteiger partial charge in [0.2, 0.25) is 0 Å². The molecule has 1 aromatic carbocycles. The molecular weight excluding hydrogens is 355 g/mol. The van der Waals surface area contributed by atoms with Gasteiger partial charge >= 0.3 is 0 Å². The van der Waals surface area contributed by atoms with Crippen molar-refractivity contribution in [2.24, 2.45) is 0 Å². The molecule has 0 bridgehead atoms. The number of carbonyl (C=O) groups is 1. The summed E-state index contributed by atoms with van der Waals surface area (Å²) in [5.41, 5.74) is 1.44. The molecule has 4 rings (SSSR count). The number of hydrogen-bond acceptors (Lipinski definition) is 5. The summed E-state index contributed by atoms with van der Waals surface area (Å²) in [5, 5.41) is 2.33. The van der Waals surface area contributed by atoms with Crippen LogP contribution in [0.2, 0.25) is 0 Å². The van der Waals surface area contributed by atoms with E-state index in [1.807, 2.05) is 5.38 Å². The lowest BCUT2D eigenvalue weighted by Crippen LogP contribution is -2.29. The van der Waals surface area contributed by atoms with Crippen LogP contribution in [0.15, 0.2) is 75.3 Å². The van der Waals surface area contributed by atoms with Gasteiger partial charge in [0.25, 0.3) is 5.91 Å². The van der Waals surface area contributed by atoms with E-state index in [0.717, 1.165) is 5.56 Å². The highest BCUT2D eigenvalue weighted by Gasteiger charge is 2.24. The number of benzene rings is 1. The Morgan fingerprint density at radius 1 is 1.08 bits per heavy atom. The van der Waals surface area contributed by atoms with Gasteiger partial charge in [0, 0.05) is 10.9 Å². The second kappa shape index (κ2) is 6.97. The predicted octanol–water partition coefficient (Wildman–Crippen LogP) is 4.98. The second-order valence-electron chi connectivity index (χ2n) is 5.47. The van der Waals surface area contributed by atoms with Crippen LogP contribution in [0.5, 0.6) is 0 Å². The van der Waals surface area contributed by atoms with Crippen molar-refractivity contribution in [1.82, 2.24) is 4.98 Å². The molecular formula is C19H13FN2O3S. The number of anilines is 1. The topological polar surface area (TPSA) is 59.5 Å². The Kier molecular flexibility index (Phi) is 4.37. The van der Waals surface area contributed by atoms with Crippen molar-refractivity contribution in [2.45, 2.75) is 6.54 Å². The maximum Gasteiger partial charge on any atom is 0.296 e. The van der Waals surface area contributed by atoms with Crippen LogP contribution in [0, 0.1) is 5.82 Å². The van der Waals surface area contributed by atoms with Crippen molar-refractivity contribution in [3.63, 3.8) is 0 Å². The molecule has 5 nitrogen and oxygen atoms in total. The molecule has 7 heteroatoms. The molecule has 26 heavy (non-hydrogen) atoms. The minimum Gasteiger partial charge on any atom is -0.467 e. The SMILES string of the molecule is O=C(c1ccco1)N(Cc1ccco1)c1nc(-c2ccc(F)cc2)cs1. The fourth-order valence-corrected chi connectivity index (χ4v) is 3.29. The largest absolute Gasteiger partial charge is 0.467 e. The summed E-state index contributed by atoms with van der Waals surface area (Å²) in [4.78, 5) is 18.9. The molecule has 0 aliphatic carbocycles. The summed E-state index contributed by atoms with van der Waals surface area (Å²) in [6.45, 7) is 0.225. The highest BCUT2D eigenvalue weighted by Crippen LogP contribution is 2.29. The van der Waals surface area contributed by atoms with Crippen molar-refractivity contribution in [2.75, 3.05) is 4.90 Å². The van der Waals surface area contributed by atoms with Crippen LogP contribution in [0.4, 0.5) is 9.52 Å². The van der Waals surface area contributed by atoms with E-state index in [1.165, 1.54) is 34.6 Å². The van der Waals surface area contributed by atoms with E-state index >= 15 is 0 Å². The van der Waals surface area contributed by atoms with Crippen LogP contribution >= 0.6 is 11.3 Å². The number of hydrogen-bond donors (Lipinski definition) is 0. The zero-order chi connectivity index (χ0) is 17.9. The molecule has 1 amide bonds. The molecule has 0 aliphatic heterocycles. The minimum atomic E-state index is -0.314. The number of carbonyl (C=O) groups excluding carboxylic acids is 1. The lowest BCUT2D eigenvalue weighted by molar-refractivity contribution is 0.0956. The van der Waals surface area contributed by atoms with Crippen LogP contribution < -0.4 is 4.90 Å². The molecule has 0 radical (unpaired) electrons. The van der Waals surface area contributed by atoms with Crippen LogP contribution in [-0.4, -0.2) is 10.9 Å². The highest BCUT2D eigenvalue weighted by atomic mass is 32.1. The number of furan rings is 2. The summed E-state index contributed by atoms with van der Waals surface area (Å²) in [5.74, 6) is 0.224. The van der Waals surface area contributed by atoms with Gasteiger partial charge in [-0.15, -0.1) is 11.3 Å². The van der Waals surface area contributed by atoms with E-state index in [2.05, 4.69) is 4.98 Å². The smallest absolute Gasteiger partial charge is 0.296 e. The fourth-order valence-electron chi connectivity index (χ4n) is 2.46. The van der Waals surface area contributed by atoms with Gasteiger partial charge in [0.1, 0.15) is 11.6 Å². The average molecular weight is 368 g/mol. The first-order chi connectivity index (χ1) is 12.7. The van der Waals surface area contributed by atoms with Gasteiger partial charge in [-0.3, -0.25) is 9.69 Å². The molecule has 0 unspecified atom stereocenters. The molecule has 0 fully saturated rings. The Morgan fingerprint density at radius 2 is 1.85 bits per heavy atom. The maximum atomic E-state index is 13.1. The number of halogens is 1. The van der Waals surface area contributed by atoms with E-state index in [9.17, 15) is 9.18 Å². The third-order valence-corrected chi connectivity index (χ3v) is 4.60. The Morgan fingerprint density at radius 3 is 2.54 bits per heavy atom. The monoisotopic (exact) mass is 368 g/mol. The molecule has 0 spiro atoms. The van der Waals surface area contributed by atoms with Crippen molar-refractivity contribution >= 4 is 22.4 Å². The molecule has 130 valence electrons. The van der Waals surface area contributed by atoms with Crippen LogP contribution in [0.1, 0.15) is 16.3 Å². The van der Waals surface area contributed by atoms with Gasteiger partial charge in [-0.1, -0.05) is 0 Å². The number of rotatable bonds is 5. The maximum absolute atomic E-state index is 13.1. The molecule has 0 atom stereocenters. The number of amides is 1. The molecule has 3 heterocycles. The highest BCUT2D eigenvalue weighted by molar-refractivity contribution is 7.14. The van der Waals surface area contributed by atoms with E-state index < -0.39 is 0 Å². The summed E-state index contributed by atoms with van der Waals surface area (Å²) < 4.78 is 23.7. The van der Waals surface area contributed by atoms with Crippen LogP contribution in [-0.2, 0) is 6.54 Å². The number of aromatic nitrogens is 1. The molecule has 0 saturated carbocycles. The lowest BCUT2D eigenvalue weighted by atomic mass is 10.2. The zero-order valence-corrected chi connectivity index (χ0v) is 14.3. The summed E-state index contributed by atoms with van der Waals surface area (Å²) in [6, 6.07) is 12.9. The summed E-state index contributed by atoms with van der Waals surface area (Å²) in [6.07, 6.45) is 3.00. The van der Waals surface area contributed by atoms with Crippen molar-refractivity contribution in [3.05, 3.63) is 83.8 Å². The Balaban J connectivity index is 1.67. The third-order valence-electron chi connectivity index (χ3n) is 3.73. The first-order valence-corrected chi connectivity index (χ1v) is 8.68. The van der Waals surface area contributed by atoms with Crippen LogP contribution in [0.25, 0.3) is 11.3 Å². The molecule has 0 aliphatic rings. The summed E-state index contributed by atoms with van der Waals surface area (Å²) in [7, 11) is 0. The van der Waals surface area contributed by atoms with Gasteiger partial charge in [0.05, 0.1) is 24.8 Å². The van der Waals surface area contributed by atoms with E-state index in [1.54, 1.807) is 42.7 Å². The fraction of sp³-hybridized carbons (Fsp3) is 0.0526. The summed E-state index contributed by atoms with van der Waals surface area (Å²) >= 11 is 1.32. The molecule has 3 aromatic heterocycles. The van der Waals surface area contributed by atoms with Gasteiger partial charge in [-0.25, -0.2) is 9.37 Å². The Labute approximate surface area is 152 Å². The molecule has 0 saturated heterocycles. The third kappa shape index (κ3) is 3.29. The van der Waals surface area contributed by atoms with Gasteiger partial charge < -0.3 is 8.83 Å². The normalized spacial score (nSPS) is 10.8. The first kappa shape index (κ1) is 16.3. The Hall–Kier alpha value is -3.19. The first-order valence-electron chi connectivity index (χ1n) is 7.80. The average Bonchev–Trinajstić information content (AvgIpc) is 3.42. The van der Waals surface area contributed by atoms with Crippen molar-refractivity contribution < 1.29 is 18.0 Å². The molecule has 0 N–H and O–H groups in total. The van der Waals surface area contributed by atoms with Gasteiger partial charge in [-0.2, -0.15) is 0 Å². The van der Waals surface area contributed by atoms with Gasteiger partial charge in [0.15, 0.2) is 10.9 Å². The predicted molar refractivity (Wildman–Crippen MR) is 95.4 cm³/mol. The number of nitrogens with zero attached hydrogens (tertiary/aromatic N) is 2. The van der Waals surface area contributed by atoms with E-state index in [-0.39, 0.29) is 24.0 Å². The zero-order valence-electron chi connectivity index (χ0n) is 13.5. The second-order valence-corrected chi connectivity index (χ2v) is 6.31. The Bertz CT molecular complexity index is 992. The van der Waals surface area contributed by atoms with E-state index in [0.29, 0.717) is 16.6 Å². The van der Waals surface area contributed by atoms with Crippen molar-refractivity contribution in [3.8, 4) is 11.3 Å². The van der Waals surface area contributed by atoms with Crippen LogP contribution in [0.3, 0.4) is 0 Å². The van der Waals surface area contributed by atoms with Gasteiger partial charge in [-0.05, 0) is 48.5 Å². The standard InChI is InChI=1S/C19H13FN2O3S/c20-14-7-5-13(6-8-14)16-12-26-19(21-16)22(11-15-3-1-9-24-15)18(23)17-4-2-10-25-17/h1-10,12H,11H2.